The summed E-state index contributed by atoms with van der Waals surface area (Å²) in [5, 5.41) is 12.0. The van der Waals surface area contributed by atoms with Crippen molar-refractivity contribution in [2.75, 3.05) is 27.4 Å². The topological polar surface area (TPSA) is 148 Å². The smallest absolute Gasteiger partial charge is 0.313 e. The van der Waals surface area contributed by atoms with Crippen LogP contribution in [0.2, 0.25) is 0 Å². The molecule has 1 aromatic carbocycles. The summed E-state index contributed by atoms with van der Waals surface area (Å²) < 4.78 is 23.5. The van der Waals surface area contributed by atoms with Gasteiger partial charge in [0.05, 0.1) is 18.9 Å². The van der Waals surface area contributed by atoms with Crippen molar-refractivity contribution >= 4 is 11.9 Å². The minimum atomic E-state index is -0.833. The van der Waals surface area contributed by atoms with Crippen LogP contribution in [0.5, 0.6) is 11.5 Å². The number of aliphatic carboxylic acids is 1. The number of nitrogens with zero attached hydrogens (tertiary/aromatic N) is 3. The van der Waals surface area contributed by atoms with E-state index in [2.05, 4.69) is 10.1 Å². The number of methoxy groups -OCH3 is 2. The second-order valence-electron chi connectivity index (χ2n) is 7.85. The van der Waals surface area contributed by atoms with Crippen molar-refractivity contribution in [3.8, 4) is 17.2 Å². The second kappa shape index (κ2) is 11.1. The molecule has 1 aliphatic carbocycles. The molecule has 1 aromatic heterocycles. The van der Waals surface area contributed by atoms with E-state index in [1.54, 1.807) is 11.8 Å². The second-order valence-corrected chi connectivity index (χ2v) is 7.85. The number of hydrogen-bond donors (Lipinski definition) is 2. The minimum absolute atomic E-state index is 0.0106. The Morgan fingerprint density at radius 3 is 2.58 bits per heavy atom. The number of carboxylic acid groups (broad SMARTS) is 1. The fourth-order valence-corrected chi connectivity index (χ4v) is 3.92. The third-order valence-corrected chi connectivity index (χ3v) is 5.49. The lowest BCUT2D eigenvalue weighted by atomic mass is 9.83. The Morgan fingerprint density at radius 2 is 1.91 bits per heavy atom. The van der Waals surface area contributed by atoms with Gasteiger partial charge >= 0.3 is 5.97 Å². The highest BCUT2D eigenvalue weighted by atomic mass is 16.6. The van der Waals surface area contributed by atoms with Gasteiger partial charge in [0.1, 0.15) is 25.5 Å². The Balaban J connectivity index is 0.000000709. The van der Waals surface area contributed by atoms with Crippen LogP contribution in [-0.4, -0.2) is 71.4 Å². The summed E-state index contributed by atoms with van der Waals surface area (Å²) in [6.45, 7) is 2.12. The predicted molar refractivity (Wildman–Crippen MR) is 117 cm³/mol. The van der Waals surface area contributed by atoms with E-state index in [-0.39, 0.29) is 30.5 Å². The van der Waals surface area contributed by atoms with Crippen molar-refractivity contribution in [2.45, 2.75) is 50.7 Å². The van der Waals surface area contributed by atoms with Crippen molar-refractivity contribution in [3.05, 3.63) is 29.8 Å². The van der Waals surface area contributed by atoms with E-state index in [0.29, 0.717) is 30.5 Å². The number of esters is 1. The van der Waals surface area contributed by atoms with Gasteiger partial charge in [0.15, 0.2) is 17.3 Å². The van der Waals surface area contributed by atoms with Gasteiger partial charge in [-0.25, -0.2) is 9.67 Å². The van der Waals surface area contributed by atoms with E-state index in [1.165, 1.54) is 7.11 Å². The van der Waals surface area contributed by atoms with Crippen LogP contribution >= 0.6 is 0 Å². The number of nitrogens with two attached hydrogens (primary N) is 1. The molecule has 0 amide bonds. The minimum Gasteiger partial charge on any atom is -0.486 e. The first-order chi connectivity index (χ1) is 15.8. The molecule has 1 aliphatic heterocycles. The number of carbonyl (C=O) groups is 2. The van der Waals surface area contributed by atoms with Crippen molar-refractivity contribution in [1.82, 2.24) is 14.8 Å². The molecule has 33 heavy (non-hydrogen) atoms. The van der Waals surface area contributed by atoms with Gasteiger partial charge in [0.25, 0.3) is 5.97 Å². The van der Waals surface area contributed by atoms with E-state index in [1.807, 2.05) is 18.2 Å². The van der Waals surface area contributed by atoms with Crippen molar-refractivity contribution in [3.63, 3.8) is 0 Å². The summed E-state index contributed by atoms with van der Waals surface area (Å²) in [4.78, 5) is 25.4. The number of benzene rings is 1. The molecule has 4 rings (SSSR count). The first kappa shape index (κ1) is 24.5. The zero-order valence-electron chi connectivity index (χ0n) is 19.0. The van der Waals surface area contributed by atoms with Gasteiger partial charge in [0.2, 0.25) is 0 Å². The first-order valence-corrected chi connectivity index (χ1v) is 10.7. The van der Waals surface area contributed by atoms with Crippen molar-refractivity contribution in [2.24, 2.45) is 5.73 Å². The summed E-state index contributed by atoms with van der Waals surface area (Å²) >= 11 is 0. The number of aromatic nitrogens is 3. The molecule has 0 radical (unpaired) electrons. The molecule has 180 valence electrons. The maximum atomic E-state index is 11.8. The Hall–Kier alpha value is -3.18. The maximum absolute atomic E-state index is 11.8. The zero-order chi connectivity index (χ0) is 24.0. The molecule has 1 fully saturated rings. The lowest BCUT2D eigenvalue weighted by molar-refractivity contribution is -0.140. The molecular formula is C22H30N4O7. The first-order valence-electron chi connectivity index (χ1n) is 10.7. The van der Waals surface area contributed by atoms with Gasteiger partial charge in [-0.05, 0) is 31.4 Å². The normalized spacial score (nSPS) is 21.5. The lowest BCUT2D eigenvalue weighted by Crippen LogP contribution is -2.41. The van der Waals surface area contributed by atoms with Crippen molar-refractivity contribution < 1.29 is 33.6 Å². The number of hydrogen-bond acceptors (Lipinski definition) is 9. The van der Waals surface area contributed by atoms with E-state index in [4.69, 9.17) is 34.6 Å². The van der Waals surface area contributed by atoms with E-state index in [0.717, 1.165) is 37.7 Å². The summed E-state index contributed by atoms with van der Waals surface area (Å²) in [6, 6.07) is 5.67. The van der Waals surface area contributed by atoms with Gasteiger partial charge < -0.3 is 29.8 Å². The van der Waals surface area contributed by atoms with Crippen molar-refractivity contribution in [1.29, 1.82) is 0 Å². The standard InChI is InChI=1S/C20H26N4O5.C2H4O2/c1-26-16-9-12(3-5-14(16)21)20-22-18(11-19(25)27-2)23-24(20)13-4-6-15-17(10-13)29-8-7-28-15;1-2(3)4/h4,6,10,12,14,16H,3,5,7-9,11,21H2,1-2H3;1H3,(H,3,4)/t12-,14+,16+;/m0./s1. The highest BCUT2D eigenvalue weighted by molar-refractivity contribution is 5.71. The molecule has 0 saturated heterocycles. The molecule has 11 heteroatoms. The highest BCUT2D eigenvalue weighted by Gasteiger charge is 2.33. The van der Waals surface area contributed by atoms with Gasteiger partial charge in [-0.3, -0.25) is 9.59 Å². The van der Waals surface area contributed by atoms with E-state index in [9.17, 15) is 4.79 Å². The van der Waals surface area contributed by atoms with E-state index >= 15 is 0 Å². The van der Waals surface area contributed by atoms with Gasteiger partial charge in [-0.1, -0.05) is 0 Å². The summed E-state index contributed by atoms with van der Waals surface area (Å²) in [7, 11) is 3.04. The number of carboxylic acids is 1. The Bertz CT molecular complexity index is 974. The summed E-state index contributed by atoms with van der Waals surface area (Å²) in [6.07, 6.45) is 2.44. The number of carbonyl (C=O) groups excluding carboxylic acids is 1. The number of fused-ring (bicyclic) bond motifs is 1. The largest absolute Gasteiger partial charge is 0.486 e. The number of rotatable bonds is 5. The van der Waals surface area contributed by atoms with Crippen LogP contribution in [0.3, 0.4) is 0 Å². The molecule has 2 aliphatic rings. The molecule has 3 N–H and O–H groups in total. The summed E-state index contributed by atoms with van der Waals surface area (Å²) in [5.74, 6) is 1.49. The average molecular weight is 463 g/mol. The molecule has 3 atom stereocenters. The summed E-state index contributed by atoms with van der Waals surface area (Å²) in [5.41, 5.74) is 6.99. The van der Waals surface area contributed by atoms with Gasteiger partial charge in [0, 0.05) is 32.1 Å². The van der Waals surface area contributed by atoms with Crippen LogP contribution in [0.4, 0.5) is 0 Å². The molecule has 0 unspecified atom stereocenters. The van der Waals surface area contributed by atoms with Crippen LogP contribution in [0.15, 0.2) is 18.2 Å². The maximum Gasteiger partial charge on any atom is 0.313 e. The third kappa shape index (κ3) is 6.20. The quantitative estimate of drug-likeness (QED) is 0.626. The highest BCUT2D eigenvalue weighted by Crippen LogP contribution is 2.36. The van der Waals surface area contributed by atoms with Gasteiger partial charge in [-0.15, -0.1) is 0 Å². The molecule has 2 aromatic rings. The van der Waals surface area contributed by atoms with Gasteiger partial charge in [-0.2, -0.15) is 5.10 Å². The fraction of sp³-hybridized carbons (Fsp3) is 0.545. The van der Waals surface area contributed by atoms with Crippen LogP contribution in [0.1, 0.15) is 43.8 Å². The number of ether oxygens (including phenoxy) is 4. The molecule has 1 saturated carbocycles. The fourth-order valence-electron chi connectivity index (χ4n) is 3.92. The molecular weight excluding hydrogens is 432 g/mol. The SMILES string of the molecule is CC(=O)O.COC(=O)Cc1nc([C@H]2CC[C@@H](N)[C@H](OC)C2)n(-c2ccc3c(c2)OCCO3)n1. The van der Waals surface area contributed by atoms with Crippen LogP contribution < -0.4 is 15.2 Å². The monoisotopic (exact) mass is 462 g/mol. The Labute approximate surface area is 191 Å². The molecule has 0 spiro atoms. The third-order valence-electron chi connectivity index (χ3n) is 5.49. The molecule has 2 heterocycles. The molecule has 11 nitrogen and oxygen atoms in total. The molecule has 0 bridgehead atoms. The predicted octanol–water partition coefficient (Wildman–Crippen LogP) is 1.45. The lowest BCUT2D eigenvalue weighted by Gasteiger charge is -2.32. The van der Waals surface area contributed by atoms with E-state index < -0.39 is 5.97 Å². The average Bonchev–Trinajstić information content (AvgIpc) is 3.22. The van der Waals surface area contributed by atoms with Crippen LogP contribution in [0.25, 0.3) is 5.69 Å². The van der Waals surface area contributed by atoms with Crippen LogP contribution in [0, 0.1) is 0 Å². The Morgan fingerprint density at radius 1 is 1.21 bits per heavy atom. The van der Waals surface area contributed by atoms with Crippen LogP contribution in [-0.2, 0) is 25.5 Å². The Kier molecular flexibility index (Phi) is 8.23. The zero-order valence-corrected chi connectivity index (χ0v) is 19.0.